The van der Waals surface area contributed by atoms with Gasteiger partial charge in [0.15, 0.2) is 5.78 Å². The van der Waals surface area contributed by atoms with Crippen LogP contribution in [-0.2, 0) is 30.5 Å². The van der Waals surface area contributed by atoms with Crippen molar-refractivity contribution in [2.75, 3.05) is 13.2 Å². The Morgan fingerprint density at radius 3 is 2.20 bits per heavy atom. The first-order valence-corrected chi connectivity index (χ1v) is 18.5. The number of hydrogen-bond acceptors (Lipinski definition) is 7. The van der Waals surface area contributed by atoms with E-state index in [0.717, 1.165) is 23.8 Å². The Morgan fingerprint density at radius 1 is 0.907 bits per heavy atom. The number of halogens is 2. The first-order chi connectivity index (χ1) is 25.4. The number of aliphatic hydroxyl groups excluding tert-OH is 2. The molecular formula is C42H55F2N3O7. The number of aromatic nitrogens is 1. The van der Waals surface area contributed by atoms with Crippen molar-refractivity contribution in [1.29, 1.82) is 0 Å². The molecule has 54 heavy (non-hydrogen) atoms. The molecule has 0 saturated heterocycles. The summed E-state index contributed by atoms with van der Waals surface area (Å²) in [5, 5.41) is 22.9. The minimum atomic E-state index is -1.13. The third-order valence-electron chi connectivity index (χ3n) is 9.50. The van der Waals surface area contributed by atoms with Crippen molar-refractivity contribution in [3.8, 4) is 11.1 Å². The maximum absolute atomic E-state index is 15.0. The summed E-state index contributed by atoms with van der Waals surface area (Å²) in [6.07, 6.45) is 1.93. The summed E-state index contributed by atoms with van der Waals surface area (Å²) < 4.78 is 31.2. The van der Waals surface area contributed by atoms with E-state index in [-0.39, 0.29) is 55.1 Å². The molecule has 10 nitrogen and oxygen atoms in total. The molecule has 1 aromatic heterocycles. The third-order valence-corrected chi connectivity index (χ3v) is 9.50. The van der Waals surface area contributed by atoms with E-state index in [2.05, 4.69) is 5.32 Å². The molecular weight excluding hydrogens is 696 g/mol. The summed E-state index contributed by atoms with van der Waals surface area (Å²) in [4.78, 5) is 64.7. The molecule has 2 unspecified atom stereocenters. The van der Waals surface area contributed by atoms with Crippen LogP contribution in [-0.4, -0.2) is 74.1 Å². The molecule has 0 radical (unpaired) electrons. The van der Waals surface area contributed by atoms with Gasteiger partial charge in [0.2, 0.25) is 11.8 Å². The molecule has 294 valence electrons. The van der Waals surface area contributed by atoms with Crippen molar-refractivity contribution in [3.05, 3.63) is 83.7 Å². The van der Waals surface area contributed by atoms with Gasteiger partial charge in [-0.1, -0.05) is 51.1 Å². The summed E-state index contributed by atoms with van der Waals surface area (Å²) in [6.45, 7) is 10.0. The van der Waals surface area contributed by atoms with E-state index in [1.807, 2.05) is 55.7 Å². The summed E-state index contributed by atoms with van der Waals surface area (Å²) in [7, 11) is 0. The van der Waals surface area contributed by atoms with Gasteiger partial charge in [0.05, 0.1) is 24.1 Å². The lowest BCUT2D eigenvalue weighted by Crippen LogP contribution is -2.45. The highest BCUT2D eigenvalue weighted by atomic mass is 19.1. The van der Waals surface area contributed by atoms with Gasteiger partial charge in [0, 0.05) is 61.8 Å². The lowest BCUT2D eigenvalue weighted by Gasteiger charge is -2.41. The van der Waals surface area contributed by atoms with E-state index < -0.39 is 59.6 Å². The second-order valence-corrected chi connectivity index (χ2v) is 15.2. The smallest absolute Gasteiger partial charge is 0.248 e. The fourth-order valence-electron chi connectivity index (χ4n) is 6.66. The molecule has 0 aliphatic rings. The zero-order chi connectivity index (χ0) is 40.2. The normalized spacial score (nSPS) is 13.8. The molecule has 0 fully saturated rings. The number of nitrogens with zero attached hydrogens (tertiary/aromatic N) is 2. The quantitative estimate of drug-likeness (QED) is 0.108. The van der Waals surface area contributed by atoms with Crippen LogP contribution in [0.3, 0.4) is 0 Å². The lowest BCUT2D eigenvalue weighted by atomic mass is 9.82. The predicted octanol–water partition coefficient (Wildman–Crippen LogP) is 6.35. The first kappa shape index (κ1) is 43.9. The minimum absolute atomic E-state index is 0.0373. The Labute approximate surface area is 316 Å². The average Bonchev–Trinajstić information content (AvgIpc) is 3.50. The second-order valence-electron chi connectivity index (χ2n) is 15.2. The number of aliphatic hydroxyl groups is 2. The number of Topliss-reactive ketones (excluding diaryl/α,β-unsaturated/α-hetero) is 3. The molecule has 4 atom stereocenters. The fourth-order valence-corrected chi connectivity index (χ4v) is 6.66. The van der Waals surface area contributed by atoms with Gasteiger partial charge >= 0.3 is 0 Å². The van der Waals surface area contributed by atoms with E-state index in [1.165, 1.54) is 20.8 Å². The van der Waals surface area contributed by atoms with Gasteiger partial charge in [-0.15, -0.1) is 0 Å². The molecule has 12 heteroatoms. The predicted molar refractivity (Wildman–Crippen MR) is 202 cm³/mol. The van der Waals surface area contributed by atoms with E-state index in [9.17, 15) is 38.6 Å². The van der Waals surface area contributed by atoms with Crippen molar-refractivity contribution in [1.82, 2.24) is 14.8 Å². The van der Waals surface area contributed by atoms with Gasteiger partial charge < -0.3 is 29.8 Å². The summed E-state index contributed by atoms with van der Waals surface area (Å²) >= 11 is 0. The zero-order valence-electron chi connectivity index (χ0n) is 32.2. The standard InChI is InChI=1S/C42H55F2N3O7/c1-27(49)13-12-16-33(51)23-34(29(3)50)41(54)45-28(2)38(52)17-10-11-20-47(39(53)26-48)40(42(4,5)6)37-21-31(35-22-32(43)18-19-36(35)44)25-46(37)24-30-14-8-7-9-15-30/h7-9,14-15,18-19,21-22,25,28-29,34,40,48,50H,10-13,16-17,20,23-24,26H2,1-6H3,(H,45,54)/t28?,29?,34-,40-/m0/s1. The monoisotopic (exact) mass is 751 g/mol. The van der Waals surface area contributed by atoms with Gasteiger partial charge in [-0.3, -0.25) is 19.2 Å². The van der Waals surface area contributed by atoms with Crippen molar-refractivity contribution < 1.29 is 43.0 Å². The number of hydrogen-bond donors (Lipinski definition) is 3. The Morgan fingerprint density at radius 2 is 1.59 bits per heavy atom. The second kappa shape index (κ2) is 20.2. The molecule has 2 aromatic carbocycles. The lowest BCUT2D eigenvalue weighted by molar-refractivity contribution is -0.139. The highest BCUT2D eigenvalue weighted by Gasteiger charge is 2.37. The minimum Gasteiger partial charge on any atom is -0.393 e. The van der Waals surface area contributed by atoms with Crippen LogP contribution in [0, 0.1) is 23.0 Å². The van der Waals surface area contributed by atoms with E-state index >= 15 is 4.39 Å². The van der Waals surface area contributed by atoms with E-state index in [0.29, 0.717) is 37.1 Å². The van der Waals surface area contributed by atoms with Gasteiger partial charge in [-0.2, -0.15) is 0 Å². The van der Waals surface area contributed by atoms with Gasteiger partial charge in [0.1, 0.15) is 29.8 Å². The fraction of sp³-hybridized carbons (Fsp3) is 0.500. The van der Waals surface area contributed by atoms with Crippen molar-refractivity contribution >= 4 is 29.2 Å². The van der Waals surface area contributed by atoms with Crippen LogP contribution in [0.15, 0.2) is 60.8 Å². The molecule has 0 aliphatic carbocycles. The van der Waals surface area contributed by atoms with Gasteiger partial charge in [-0.25, -0.2) is 8.78 Å². The van der Waals surface area contributed by atoms with E-state index in [4.69, 9.17) is 0 Å². The number of amides is 2. The number of unbranched alkanes of at least 4 members (excludes halogenated alkanes) is 1. The zero-order valence-corrected chi connectivity index (χ0v) is 32.2. The van der Waals surface area contributed by atoms with Crippen LogP contribution in [0.2, 0.25) is 0 Å². The molecule has 0 aliphatic heterocycles. The molecule has 0 spiro atoms. The summed E-state index contributed by atoms with van der Waals surface area (Å²) in [6, 6.07) is 13.1. The molecule has 3 aromatic rings. The average molecular weight is 752 g/mol. The third kappa shape index (κ3) is 12.8. The largest absolute Gasteiger partial charge is 0.393 e. The van der Waals surface area contributed by atoms with Crippen LogP contribution in [0.5, 0.6) is 0 Å². The Bertz CT molecular complexity index is 1750. The van der Waals surface area contributed by atoms with E-state index in [1.54, 1.807) is 17.2 Å². The number of benzene rings is 2. The van der Waals surface area contributed by atoms with Crippen molar-refractivity contribution in [2.24, 2.45) is 11.3 Å². The van der Waals surface area contributed by atoms with Crippen LogP contribution in [0.25, 0.3) is 11.1 Å². The molecule has 3 N–H and O–H groups in total. The molecule has 0 bridgehead atoms. The number of rotatable bonds is 21. The van der Waals surface area contributed by atoms with Crippen molar-refractivity contribution in [2.45, 2.75) is 111 Å². The summed E-state index contributed by atoms with van der Waals surface area (Å²) in [5.74, 6) is -3.94. The number of carbonyl (C=O) groups excluding carboxylic acids is 5. The molecule has 1 heterocycles. The van der Waals surface area contributed by atoms with Crippen LogP contribution < -0.4 is 5.32 Å². The highest BCUT2D eigenvalue weighted by molar-refractivity contribution is 5.92. The maximum atomic E-state index is 15.0. The Kier molecular flexibility index (Phi) is 16.4. The molecule has 2 amide bonds. The van der Waals surface area contributed by atoms with Gasteiger partial charge in [0.25, 0.3) is 0 Å². The number of nitrogens with one attached hydrogen (secondary N) is 1. The first-order valence-electron chi connectivity index (χ1n) is 18.5. The Balaban J connectivity index is 1.78. The van der Waals surface area contributed by atoms with Crippen LogP contribution >= 0.6 is 0 Å². The van der Waals surface area contributed by atoms with Crippen LogP contribution in [0.1, 0.15) is 104 Å². The van der Waals surface area contributed by atoms with Crippen LogP contribution in [0.4, 0.5) is 8.78 Å². The summed E-state index contributed by atoms with van der Waals surface area (Å²) in [5.41, 5.74) is 1.51. The number of ketones is 3. The Hall–Kier alpha value is -4.55. The topological polar surface area (TPSA) is 146 Å². The molecule has 0 saturated carbocycles. The highest BCUT2D eigenvalue weighted by Crippen LogP contribution is 2.41. The number of carbonyl (C=O) groups is 5. The van der Waals surface area contributed by atoms with Crippen molar-refractivity contribution in [3.63, 3.8) is 0 Å². The maximum Gasteiger partial charge on any atom is 0.248 e. The van der Waals surface area contributed by atoms with Gasteiger partial charge in [-0.05, 0) is 75.3 Å². The SMILES string of the molecule is CC(=O)CCCC(=O)C[C@H](C(=O)NC(C)C(=O)CCCCN(C(=O)CO)[C@@H](c1cc(-c2cc(F)ccc2F)cn1Cc1ccccc1)C(C)(C)C)C(C)O. The molecule has 3 rings (SSSR count).